The molecule has 1 aliphatic rings. The van der Waals surface area contributed by atoms with Crippen LogP contribution in [0.5, 0.6) is 0 Å². The minimum absolute atomic E-state index is 0.00684. The largest absolute Gasteiger partial charge is 0.354 e. The van der Waals surface area contributed by atoms with Gasteiger partial charge in [0.2, 0.25) is 5.91 Å². The Hall–Kier alpha value is -2.08. The SMILES string of the molecule is CCc1cccc(C)c1NC(=O)CSc1nccnc1N1CCC[C@H](C)C1. The summed E-state index contributed by atoms with van der Waals surface area (Å²) in [5, 5.41) is 3.92. The molecule has 0 bridgehead atoms. The van der Waals surface area contributed by atoms with Gasteiger partial charge >= 0.3 is 0 Å². The van der Waals surface area contributed by atoms with Crippen LogP contribution in [0.2, 0.25) is 0 Å². The summed E-state index contributed by atoms with van der Waals surface area (Å²) in [6.45, 7) is 8.41. The first-order chi connectivity index (χ1) is 13.1. The van der Waals surface area contributed by atoms with Crippen molar-refractivity contribution in [3.05, 3.63) is 41.7 Å². The molecule has 1 aliphatic heterocycles. The number of thioether (sulfide) groups is 1. The second-order valence-corrected chi connectivity index (χ2v) is 8.14. The molecule has 0 radical (unpaired) electrons. The first-order valence-electron chi connectivity index (χ1n) is 9.65. The molecule has 0 saturated carbocycles. The van der Waals surface area contributed by atoms with E-state index in [0.29, 0.717) is 11.7 Å². The molecule has 27 heavy (non-hydrogen) atoms. The van der Waals surface area contributed by atoms with Crippen molar-refractivity contribution in [1.82, 2.24) is 9.97 Å². The fourth-order valence-corrected chi connectivity index (χ4v) is 4.32. The summed E-state index contributed by atoms with van der Waals surface area (Å²) < 4.78 is 0. The van der Waals surface area contributed by atoms with Gasteiger partial charge in [-0.1, -0.05) is 43.8 Å². The smallest absolute Gasteiger partial charge is 0.234 e. The molecule has 1 aromatic heterocycles. The van der Waals surface area contributed by atoms with Crippen LogP contribution < -0.4 is 10.2 Å². The summed E-state index contributed by atoms with van der Waals surface area (Å²) in [5.74, 6) is 1.89. The zero-order valence-electron chi connectivity index (χ0n) is 16.4. The molecule has 5 nitrogen and oxygen atoms in total. The third-order valence-electron chi connectivity index (χ3n) is 4.95. The maximum absolute atomic E-state index is 12.6. The second-order valence-electron chi connectivity index (χ2n) is 7.18. The number of carbonyl (C=O) groups excluding carboxylic acids is 1. The summed E-state index contributed by atoms with van der Waals surface area (Å²) in [6, 6.07) is 6.12. The van der Waals surface area contributed by atoms with E-state index in [1.54, 1.807) is 12.4 Å². The summed E-state index contributed by atoms with van der Waals surface area (Å²) in [5.41, 5.74) is 3.20. The van der Waals surface area contributed by atoms with E-state index in [1.165, 1.54) is 24.6 Å². The Balaban J connectivity index is 1.66. The average molecular weight is 385 g/mol. The van der Waals surface area contributed by atoms with Crippen molar-refractivity contribution < 1.29 is 4.79 Å². The molecule has 1 saturated heterocycles. The maximum Gasteiger partial charge on any atom is 0.234 e. The van der Waals surface area contributed by atoms with Gasteiger partial charge in [-0.2, -0.15) is 0 Å². The van der Waals surface area contributed by atoms with Crippen molar-refractivity contribution in [2.45, 2.75) is 45.1 Å². The zero-order valence-corrected chi connectivity index (χ0v) is 17.2. The van der Waals surface area contributed by atoms with Crippen molar-refractivity contribution in [1.29, 1.82) is 0 Å². The molecule has 1 fully saturated rings. The Morgan fingerprint density at radius 1 is 1.33 bits per heavy atom. The highest BCUT2D eigenvalue weighted by atomic mass is 32.2. The number of amides is 1. The Labute approximate surface area is 166 Å². The number of hydrogen-bond donors (Lipinski definition) is 1. The van der Waals surface area contributed by atoms with Gasteiger partial charge in [0.05, 0.1) is 5.75 Å². The number of nitrogens with zero attached hydrogens (tertiary/aromatic N) is 3. The Kier molecular flexibility index (Phi) is 6.72. The molecule has 0 aliphatic carbocycles. The highest BCUT2D eigenvalue weighted by Crippen LogP contribution is 2.29. The minimum Gasteiger partial charge on any atom is -0.354 e. The van der Waals surface area contributed by atoms with Crippen LogP contribution in [0.4, 0.5) is 11.5 Å². The summed E-state index contributed by atoms with van der Waals surface area (Å²) in [7, 11) is 0. The lowest BCUT2D eigenvalue weighted by Gasteiger charge is -2.32. The Bertz CT molecular complexity index is 796. The quantitative estimate of drug-likeness (QED) is 0.752. The molecule has 1 atom stereocenters. The number of hydrogen-bond acceptors (Lipinski definition) is 5. The third-order valence-corrected chi connectivity index (χ3v) is 5.92. The lowest BCUT2D eigenvalue weighted by atomic mass is 10.0. The fraction of sp³-hybridized carbons (Fsp3) is 0.476. The number of anilines is 2. The van der Waals surface area contributed by atoms with E-state index in [0.717, 1.165) is 47.2 Å². The molecular weight excluding hydrogens is 356 g/mol. The summed E-state index contributed by atoms with van der Waals surface area (Å²) >= 11 is 1.46. The lowest BCUT2D eigenvalue weighted by molar-refractivity contribution is -0.113. The molecule has 2 heterocycles. The van der Waals surface area contributed by atoms with E-state index in [9.17, 15) is 4.79 Å². The van der Waals surface area contributed by atoms with Crippen LogP contribution in [0.1, 0.15) is 37.8 Å². The van der Waals surface area contributed by atoms with Gasteiger partial charge in [0, 0.05) is 31.2 Å². The molecule has 3 rings (SSSR count). The topological polar surface area (TPSA) is 58.1 Å². The van der Waals surface area contributed by atoms with Crippen molar-refractivity contribution in [3.8, 4) is 0 Å². The highest BCUT2D eigenvalue weighted by molar-refractivity contribution is 8.00. The molecule has 144 valence electrons. The van der Waals surface area contributed by atoms with Crippen molar-refractivity contribution in [2.75, 3.05) is 29.1 Å². The second kappa shape index (κ2) is 9.22. The van der Waals surface area contributed by atoms with Gasteiger partial charge in [-0.3, -0.25) is 4.79 Å². The van der Waals surface area contributed by atoms with Crippen LogP contribution in [-0.2, 0) is 11.2 Å². The van der Waals surface area contributed by atoms with Crippen molar-refractivity contribution in [3.63, 3.8) is 0 Å². The monoisotopic (exact) mass is 384 g/mol. The normalized spacial score (nSPS) is 17.0. The molecule has 6 heteroatoms. The van der Waals surface area contributed by atoms with Crippen molar-refractivity contribution >= 4 is 29.2 Å². The predicted octanol–water partition coefficient (Wildman–Crippen LogP) is 4.31. The number of rotatable bonds is 6. The number of carbonyl (C=O) groups is 1. The Morgan fingerprint density at radius 2 is 2.15 bits per heavy atom. The number of aromatic nitrogens is 2. The van der Waals surface area contributed by atoms with E-state index < -0.39 is 0 Å². The van der Waals surface area contributed by atoms with Gasteiger partial charge in [0.15, 0.2) is 5.82 Å². The summed E-state index contributed by atoms with van der Waals surface area (Å²) in [6.07, 6.45) is 6.77. The summed E-state index contributed by atoms with van der Waals surface area (Å²) in [4.78, 5) is 23.9. The van der Waals surface area contributed by atoms with Crippen LogP contribution >= 0.6 is 11.8 Å². The zero-order chi connectivity index (χ0) is 19.2. The molecule has 1 N–H and O–H groups in total. The van der Waals surface area contributed by atoms with E-state index in [-0.39, 0.29) is 5.91 Å². The van der Waals surface area contributed by atoms with Crippen LogP contribution in [-0.4, -0.2) is 34.7 Å². The lowest BCUT2D eigenvalue weighted by Crippen LogP contribution is -2.35. The highest BCUT2D eigenvalue weighted by Gasteiger charge is 2.21. The van der Waals surface area contributed by atoms with Gasteiger partial charge in [-0.25, -0.2) is 9.97 Å². The molecule has 0 spiro atoms. The number of nitrogens with one attached hydrogen (secondary N) is 1. The first kappa shape index (κ1) is 19.7. The van der Waals surface area contributed by atoms with Crippen LogP contribution in [0.3, 0.4) is 0 Å². The molecule has 0 unspecified atom stereocenters. The minimum atomic E-state index is -0.00684. The third kappa shape index (κ3) is 5.01. The van der Waals surface area contributed by atoms with Crippen molar-refractivity contribution in [2.24, 2.45) is 5.92 Å². The standard InChI is InChI=1S/C21H28N4OS/c1-4-17-9-5-8-16(3)19(17)24-18(26)14-27-21-20(22-10-11-23-21)25-12-6-7-15(2)13-25/h5,8-11,15H,4,6-7,12-14H2,1-3H3,(H,24,26)/t15-/m0/s1. The Morgan fingerprint density at radius 3 is 2.93 bits per heavy atom. The van der Waals surface area contributed by atoms with Gasteiger partial charge < -0.3 is 10.2 Å². The number of para-hydroxylation sites is 1. The van der Waals surface area contributed by atoms with Gasteiger partial charge in [-0.15, -0.1) is 0 Å². The average Bonchev–Trinajstić information content (AvgIpc) is 2.68. The molecule has 2 aromatic rings. The number of aryl methyl sites for hydroxylation is 2. The fourth-order valence-electron chi connectivity index (χ4n) is 3.53. The molecule has 1 aromatic carbocycles. The number of piperidine rings is 1. The van der Waals surface area contributed by atoms with E-state index in [1.807, 2.05) is 19.1 Å². The van der Waals surface area contributed by atoms with Gasteiger partial charge in [-0.05, 0) is 43.2 Å². The van der Waals surface area contributed by atoms with Gasteiger partial charge in [0.25, 0.3) is 0 Å². The maximum atomic E-state index is 12.6. The van der Waals surface area contributed by atoms with Crippen LogP contribution in [0.15, 0.2) is 35.6 Å². The van der Waals surface area contributed by atoms with E-state index in [4.69, 9.17) is 0 Å². The predicted molar refractivity (Wildman–Crippen MR) is 113 cm³/mol. The van der Waals surface area contributed by atoms with Gasteiger partial charge in [0.1, 0.15) is 5.03 Å². The molecular formula is C21H28N4OS. The van der Waals surface area contributed by atoms with E-state index >= 15 is 0 Å². The van der Waals surface area contributed by atoms with Crippen LogP contribution in [0.25, 0.3) is 0 Å². The van der Waals surface area contributed by atoms with Crippen LogP contribution in [0, 0.1) is 12.8 Å². The molecule has 1 amide bonds. The number of benzene rings is 1. The van der Waals surface area contributed by atoms with E-state index in [2.05, 4.69) is 40.1 Å². The first-order valence-corrected chi connectivity index (χ1v) is 10.6.